The molecule has 0 bridgehead atoms. The SMILES string of the molecule is CC(C)c1csc(C2(N)CCN(C)C(C)C2)n1. The molecule has 0 radical (unpaired) electrons. The number of hydrogen-bond donors (Lipinski definition) is 1. The van der Waals surface area contributed by atoms with E-state index in [0.717, 1.165) is 24.4 Å². The zero-order valence-electron chi connectivity index (χ0n) is 11.2. The fourth-order valence-electron chi connectivity index (χ4n) is 2.36. The molecule has 3 nitrogen and oxygen atoms in total. The lowest BCUT2D eigenvalue weighted by atomic mass is 9.85. The summed E-state index contributed by atoms with van der Waals surface area (Å²) in [4.78, 5) is 7.12. The van der Waals surface area contributed by atoms with E-state index in [1.807, 2.05) is 0 Å². The monoisotopic (exact) mass is 253 g/mol. The van der Waals surface area contributed by atoms with Crippen molar-refractivity contribution in [2.75, 3.05) is 13.6 Å². The highest BCUT2D eigenvalue weighted by Crippen LogP contribution is 2.35. The van der Waals surface area contributed by atoms with E-state index < -0.39 is 0 Å². The summed E-state index contributed by atoms with van der Waals surface area (Å²) in [6.45, 7) is 7.67. The quantitative estimate of drug-likeness (QED) is 0.880. The molecule has 2 atom stereocenters. The third-order valence-corrected chi connectivity index (χ3v) is 4.94. The minimum absolute atomic E-state index is 0.205. The van der Waals surface area contributed by atoms with Gasteiger partial charge in [0.1, 0.15) is 5.01 Å². The molecule has 0 amide bonds. The zero-order chi connectivity index (χ0) is 12.6. The number of piperidine rings is 1. The van der Waals surface area contributed by atoms with E-state index in [9.17, 15) is 0 Å². The van der Waals surface area contributed by atoms with Crippen LogP contribution in [0, 0.1) is 0 Å². The van der Waals surface area contributed by atoms with Gasteiger partial charge in [-0.2, -0.15) is 0 Å². The zero-order valence-corrected chi connectivity index (χ0v) is 12.0. The van der Waals surface area contributed by atoms with Gasteiger partial charge in [-0.15, -0.1) is 11.3 Å². The van der Waals surface area contributed by atoms with E-state index >= 15 is 0 Å². The Morgan fingerprint density at radius 2 is 2.29 bits per heavy atom. The molecular weight excluding hydrogens is 230 g/mol. The highest BCUT2D eigenvalue weighted by atomic mass is 32.1. The predicted octanol–water partition coefficient (Wildman–Crippen LogP) is 2.53. The molecule has 0 saturated carbocycles. The number of nitrogens with two attached hydrogens (primary N) is 1. The standard InChI is InChI=1S/C13H23N3S/c1-9(2)11-8-17-12(15-11)13(14)5-6-16(4)10(3)7-13/h8-10H,5-7,14H2,1-4H3. The Balaban J connectivity index is 2.20. The van der Waals surface area contributed by atoms with Crippen molar-refractivity contribution in [2.24, 2.45) is 5.73 Å². The summed E-state index contributed by atoms with van der Waals surface area (Å²) in [5.41, 5.74) is 7.54. The van der Waals surface area contributed by atoms with Crippen molar-refractivity contribution in [3.63, 3.8) is 0 Å². The molecule has 1 aliphatic heterocycles. The maximum atomic E-state index is 6.57. The smallest absolute Gasteiger partial charge is 0.113 e. The van der Waals surface area contributed by atoms with Crippen LogP contribution in [0.25, 0.3) is 0 Å². The molecule has 1 aliphatic rings. The third-order valence-electron chi connectivity index (χ3n) is 3.86. The second-order valence-corrected chi connectivity index (χ2v) is 6.53. The molecule has 2 N–H and O–H groups in total. The summed E-state index contributed by atoms with van der Waals surface area (Å²) in [5.74, 6) is 0.493. The fraction of sp³-hybridized carbons (Fsp3) is 0.769. The molecular formula is C13H23N3S. The van der Waals surface area contributed by atoms with Gasteiger partial charge in [-0.25, -0.2) is 4.98 Å². The van der Waals surface area contributed by atoms with Gasteiger partial charge in [0.15, 0.2) is 0 Å². The van der Waals surface area contributed by atoms with Gasteiger partial charge >= 0.3 is 0 Å². The molecule has 0 aromatic carbocycles. The highest BCUT2D eigenvalue weighted by molar-refractivity contribution is 7.09. The summed E-state index contributed by atoms with van der Waals surface area (Å²) in [6.07, 6.45) is 2.02. The van der Waals surface area contributed by atoms with Crippen LogP contribution in [0.15, 0.2) is 5.38 Å². The van der Waals surface area contributed by atoms with Gasteiger partial charge < -0.3 is 10.6 Å². The van der Waals surface area contributed by atoms with Crippen molar-refractivity contribution in [2.45, 2.75) is 51.1 Å². The maximum absolute atomic E-state index is 6.57. The fourth-order valence-corrected chi connectivity index (χ4v) is 3.49. The average Bonchev–Trinajstić information content (AvgIpc) is 2.74. The molecule has 0 spiro atoms. The molecule has 96 valence electrons. The second kappa shape index (κ2) is 4.67. The lowest BCUT2D eigenvalue weighted by Gasteiger charge is -2.40. The molecule has 2 unspecified atom stereocenters. The largest absolute Gasteiger partial charge is 0.319 e. The van der Waals surface area contributed by atoms with Crippen LogP contribution in [0.5, 0.6) is 0 Å². The molecule has 0 aliphatic carbocycles. The Morgan fingerprint density at radius 1 is 1.59 bits per heavy atom. The number of aromatic nitrogens is 1. The van der Waals surface area contributed by atoms with Crippen LogP contribution >= 0.6 is 11.3 Å². The van der Waals surface area contributed by atoms with Crippen LogP contribution in [-0.2, 0) is 5.54 Å². The van der Waals surface area contributed by atoms with Gasteiger partial charge in [-0.1, -0.05) is 13.8 Å². The van der Waals surface area contributed by atoms with Crippen LogP contribution in [0.1, 0.15) is 50.2 Å². The van der Waals surface area contributed by atoms with E-state index in [1.54, 1.807) is 11.3 Å². The number of hydrogen-bond acceptors (Lipinski definition) is 4. The molecule has 1 aromatic rings. The summed E-state index contributed by atoms with van der Waals surface area (Å²) in [7, 11) is 2.17. The summed E-state index contributed by atoms with van der Waals surface area (Å²) in [6, 6.07) is 0.542. The maximum Gasteiger partial charge on any atom is 0.113 e. The molecule has 2 rings (SSSR count). The first-order valence-corrected chi connectivity index (χ1v) is 7.25. The van der Waals surface area contributed by atoms with Crippen molar-refractivity contribution in [1.82, 2.24) is 9.88 Å². The highest BCUT2D eigenvalue weighted by Gasteiger charge is 2.37. The second-order valence-electron chi connectivity index (χ2n) is 5.67. The molecule has 1 aromatic heterocycles. The van der Waals surface area contributed by atoms with Crippen molar-refractivity contribution in [1.29, 1.82) is 0 Å². The molecule has 2 heterocycles. The third kappa shape index (κ3) is 2.54. The summed E-state index contributed by atoms with van der Waals surface area (Å²) < 4.78 is 0. The first-order chi connectivity index (χ1) is 7.92. The van der Waals surface area contributed by atoms with E-state index in [2.05, 4.69) is 38.1 Å². The van der Waals surface area contributed by atoms with Crippen LogP contribution in [0.3, 0.4) is 0 Å². The van der Waals surface area contributed by atoms with Crippen LogP contribution in [0.2, 0.25) is 0 Å². The van der Waals surface area contributed by atoms with Gasteiger partial charge in [0.25, 0.3) is 0 Å². The minimum atomic E-state index is -0.205. The first-order valence-electron chi connectivity index (χ1n) is 6.37. The summed E-state index contributed by atoms with van der Waals surface area (Å²) in [5, 5.41) is 3.29. The van der Waals surface area contributed by atoms with Gasteiger partial charge in [0.05, 0.1) is 11.2 Å². The lowest BCUT2D eigenvalue weighted by Crippen LogP contribution is -2.50. The topological polar surface area (TPSA) is 42.1 Å². The van der Waals surface area contributed by atoms with E-state index in [0.29, 0.717) is 12.0 Å². The Morgan fingerprint density at radius 3 is 2.82 bits per heavy atom. The minimum Gasteiger partial charge on any atom is -0.319 e. The first kappa shape index (κ1) is 13.0. The normalized spacial score (nSPS) is 31.1. The van der Waals surface area contributed by atoms with Crippen LogP contribution < -0.4 is 5.73 Å². The Labute approximate surface area is 108 Å². The van der Waals surface area contributed by atoms with Crippen molar-refractivity contribution < 1.29 is 0 Å². The van der Waals surface area contributed by atoms with Crippen molar-refractivity contribution in [3.8, 4) is 0 Å². The van der Waals surface area contributed by atoms with Crippen molar-refractivity contribution >= 4 is 11.3 Å². The predicted molar refractivity (Wildman–Crippen MR) is 73.4 cm³/mol. The number of thiazole rings is 1. The van der Waals surface area contributed by atoms with Crippen molar-refractivity contribution in [3.05, 3.63) is 16.1 Å². The lowest BCUT2D eigenvalue weighted by molar-refractivity contribution is 0.131. The van der Waals surface area contributed by atoms with Crippen LogP contribution in [0.4, 0.5) is 0 Å². The Bertz CT molecular complexity index is 388. The van der Waals surface area contributed by atoms with Crippen LogP contribution in [-0.4, -0.2) is 29.5 Å². The Hall–Kier alpha value is -0.450. The van der Waals surface area contributed by atoms with E-state index in [1.165, 1.54) is 5.69 Å². The van der Waals surface area contributed by atoms with Gasteiger partial charge in [0.2, 0.25) is 0 Å². The number of likely N-dealkylation sites (tertiary alicyclic amines) is 1. The van der Waals surface area contributed by atoms with Gasteiger partial charge in [0, 0.05) is 18.0 Å². The average molecular weight is 253 g/mol. The number of rotatable bonds is 2. The molecule has 17 heavy (non-hydrogen) atoms. The summed E-state index contributed by atoms with van der Waals surface area (Å²) >= 11 is 1.73. The molecule has 1 fully saturated rings. The number of nitrogens with zero attached hydrogens (tertiary/aromatic N) is 2. The van der Waals surface area contributed by atoms with Gasteiger partial charge in [-0.05, 0) is 32.7 Å². The molecule has 1 saturated heterocycles. The van der Waals surface area contributed by atoms with E-state index in [-0.39, 0.29) is 5.54 Å². The Kier molecular flexibility index (Phi) is 3.57. The molecule has 4 heteroatoms. The van der Waals surface area contributed by atoms with E-state index in [4.69, 9.17) is 10.7 Å². The van der Waals surface area contributed by atoms with Gasteiger partial charge in [-0.3, -0.25) is 0 Å².